The highest BCUT2D eigenvalue weighted by Crippen LogP contribution is 2.16. The van der Waals surface area contributed by atoms with E-state index < -0.39 is 12.1 Å². The van der Waals surface area contributed by atoms with Crippen molar-refractivity contribution in [3.8, 4) is 0 Å². The van der Waals surface area contributed by atoms with Gasteiger partial charge in [0.25, 0.3) is 0 Å². The third-order valence-corrected chi connectivity index (χ3v) is 10.0. The summed E-state index contributed by atoms with van der Waals surface area (Å²) in [5.41, 5.74) is 0. The van der Waals surface area contributed by atoms with E-state index in [-0.39, 0.29) is 12.5 Å². The number of rotatable bonds is 39. The Morgan fingerprint density at radius 2 is 0.830 bits per heavy atom. The standard InChI is InChI=1S/C43H85NO3/c1-3-5-7-9-11-13-15-16-17-18-19-20-21-22-23-24-25-26-27-29-30-32-34-36-38-42(46)41(40-45)44-43(47)39-37-35-33-31-28-14-12-10-8-6-4-2/h10,12,41-42,45-46H,3-9,11,13-40H2,1-2H3,(H,44,47)/b12-10-. The number of carbonyl (C=O) groups is 1. The van der Waals surface area contributed by atoms with Crippen LogP contribution in [0.2, 0.25) is 0 Å². The zero-order valence-electron chi connectivity index (χ0n) is 32.1. The fourth-order valence-corrected chi connectivity index (χ4v) is 6.70. The Morgan fingerprint density at radius 1 is 0.489 bits per heavy atom. The van der Waals surface area contributed by atoms with Gasteiger partial charge < -0.3 is 15.5 Å². The molecule has 2 atom stereocenters. The van der Waals surface area contributed by atoms with Crippen molar-refractivity contribution in [2.24, 2.45) is 0 Å². The number of aliphatic hydroxyl groups excluding tert-OH is 2. The molecule has 280 valence electrons. The van der Waals surface area contributed by atoms with Gasteiger partial charge in [-0.05, 0) is 32.1 Å². The summed E-state index contributed by atoms with van der Waals surface area (Å²) in [6.07, 6.45) is 48.7. The molecule has 0 aliphatic heterocycles. The largest absolute Gasteiger partial charge is 0.394 e. The third kappa shape index (κ3) is 36.2. The first-order valence-electron chi connectivity index (χ1n) is 21.4. The minimum absolute atomic E-state index is 0.0402. The number of nitrogens with one attached hydrogen (secondary N) is 1. The zero-order chi connectivity index (χ0) is 34.3. The molecule has 0 heterocycles. The van der Waals surface area contributed by atoms with E-state index in [1.54, 1.807) is 0 Å². The Bertz CT molecular complexity index is 637. The lowest BCUT2D eigenvalue weighted by molar-refractivity contribution is -0.123. The van der Waals surface area contributed by atoms with Crippen molar-refractivity contribution >= 4 is 5.91 Å². The van der Waals surface area contributed by atoms with Crippen LogP contribution < -0.4 is 5.32 Å². The molecule has 2 unspecified atom stereocenters. The van der Waals surface area contributed by atoms with E-state index in [0.717, 1.165) is 25.7 Å². The highest BCUT2D eigenvalue weighted by molar-refractivity contribution is 5.76. The average molecular weight is 664 g/mol. The van der Waals surface area contributed by atoms with E-state index in [1.165, 1.54) is 186 Å². The molecule has 0 aromatic carbocycles. The predicted molar refractivity (Wildman–Crippen MR) is 207 cm³/mol. The molecule has 1 amide bonds. The summed E-state index contributed by atoms with van der Waals surface area (Å²) >= 11 is 0. The molecule has 4 heteroatoms. The smallest absolute Gasteiger partial charge is 0.220 e. The highest BCUT2D eigenvalue weighted by atomic mass is 16.3. The maximum Gasteiger partial charge on any atom is 0.220 e. The van der Waals surface area contributed by atoms with Crippen molar-refractivity contribution in [3.63, 3.8) is 0 Å². The van der Waals surface area contributed by atoms with E-state index >= 15 is 0 Å². The van der Waals surface area contributed by atoms with Crippen LogP contribution in [-0.4, -0.2) is 34.9 Å². The van der Waals surface area contributed by atoms with E-state index in [1.807, 2.05) is 0 Å². The van der Waals surface area contributed by atoms with Crippen LogP contribution in [-0.2, 0) is 4.79 Å². The molecular weight excluding hydrogens is 578 g/mol. The van der Waals surface area contributed by atoms with Gasteiger partial charge in [0.1, 0.15) is 0 Å². The van der Waals surface area contributed by atoms with Crippen LogP contribution in [0.3, 0.4) is 0 Å². The summed E-state index contributed by atoms with van der Waals surface area (Å²) in [7, 11) is 0. The molecular formula is C43H85NO3. The van der Waals surface area contributed by atoms with Crippen molar-refractivity contribution < 1.29 is 15.0 Å². The summed E-state index contributed by atoms with van der Waals surface area (Å²) in [6.45, 7) is 4.33. The molecule has 3 N–H and O–H groups in total. The Morgan fingerprint density at radius 3 is 1.23 bits per heavy atom. The lowest BCUT2D eigenvalue weighted by atomic mass is 10.0. The molecule has 0 saturated heterocycles. The van der Waals surface area contributed by atoms with Gasteiger partial charge in [-0.25, -0.2) is 0 Å². The van der Waals surface area contributed by atoms with Crippen LogP contribution in [0.15, 0.2) is 12.2 Å². The minimum atomic E-state index is -0.658. The molecule has 0 rings (SSSR count). The van der Waals surface area contributed by atoms with Gasteiger partial charge in [-0.3, -0.25) is 4.79 Å². The normalized spacial score (nSPS) is 13.0. The Labute approximate surface area is 295 Å². The van der Waals surface area contributed by atoms with Gasteiger partial charge in [0, 0.05) is 6.42 Å². The predicted octanol–water partition coefficient (Wildman–Crippen LogP) is 13.1. The lowest BCUT2D eigenvalue weighted by Gasteiger charge is -2.22. The number of carbonyl (C=O) groups excluding carboxylic acids is 1. The van der Waals surface area contributed by atoms with Crippen molar-refractivity contribution in [2.45, 2.75) is 251 Å². The van der Waals surface area contributed by atoms with Crippen molar-refractivity contribution in [1.29, 1.82) is 0 Å². The van der Waals surface area contributed by atoms with Crippen molar-refractivity contribution in [3.05, 3.63) is 12.2 Å². The monoisotopic (exact) mass is 664 g/mol. The van der Waals surface area contributed by atoms with Gasteiger partial charge in [0.05, 0.1) is 18.8 Å². The van der Waals surface area contributed by atoms with Crippen LogP contribution in [0.25, 0.3) is 0 Å². The van der Waals surface area contributed by atoms with Gasteiger partial charge in [-0.15, -0.1) is 0 Å². The maximum atomic E-state index is 12.3. The summed E-state index contributed by atoms with van der Waals surface area (Å²) in [6, 6.07) is -0.536. The molecule has 0 aliphatic carbocycles. The minimum Gasteiger partial charge on any atom is -0.394 e. The lowest BCUT2D eigenvalue weighted by Crippen LogP contribution is -2.45. The number of unbranched alkanes of at least 4 members (excludes halogenated alkanes) is 30. The number of aliphatic hydroxyl groups is 2. The van der Waals surface area contributed by atoms with Crippen molar-refractivity contribution in [1.82, 2.24) is 5.32 Å². The molecule has 0 aromatic heterocycles. The Kier molecular flexibility index (Phi) is 38.8. The zero-order valence-corrected chi connectivity index (χ0v) is 32.1. The summed E-state index contributed by atoms with van der Waals surface area (Å²) in [5.74, 6) is -0.0402. The molecule has 0 bridgehead atoms. The van der Waals surface area contributed by atoms with Crippen LogP contribution in [0, 0.1) is 0 Å². The van der Waals surface area contributed by atoms with Crippen LogP contribution in [0.1, 0.15) is 239 Å². The fourth-order valence-electron chi connectivity index (χ4n) is 6.70. The Hall–Kier alpha value is -0.870. The number of hydrogen-bond acceptors (Lipinski definition) is 3. The SMILES string of the molecule is CCCC/C=C\CCCCCCCC(=O)NC(CO)C(O)CCCCCCCCCCCCCCCCCCCCCCCCCC. The average Bonchev–Trinajstić information content (AvgIpc) is 3.07. The fraction of sp³-hybridized carbons (Fsp3) is 0.930. The third-order valence-electron chi connectivity index (χ3n) is 10.0. The second kappa shape index (κ2) is 39.6. The molecule has 4 nitrogen and oxygen atoms in total. The topological polar surface area (TPSA) is 69.6 Å². The second-order valence-corrected chi connectivity index (χ2v) is 14.8. The molecule has 0 aromatic rings. The van der Waals surface area contributed by atoms with Gasteiger partial charge in [-0.1, -0.05) is 212 Å². The first-order valence-corrected chi connectivity index (χ1v) is 21.4. The molecule has 0 saturated carbocycles. The Balaban J connectivity index is 3.44. The van der Waals surface area contributed by atoms with Gasteiger partial charge in [0.2, 0.25) is 5.91 Å². The van der Waals surface area contributed by atoms with E-state index in [2.05, 4.69) is 31.3 Å². The summed E-state index contributed by atoms with van der Waals surface area (Å²) in [5, 5.41) is 23.1. The van der Waals surface area contributed by atoms with Gasteiger partial charge in [0.15, 0.2) is 0 Å². The van der Waals surface area contributed by atoms with Gasteiger partial charge >= 0.3 is 0 Å². The van der Waals surface area contributed by atoms with Crippen LogP contribution >= 0.6 is 0 Å². The number of allylic oxidation sites excluding steroid dienone is 2. The quantitative estimate of drug-likeness (QED) is 0.0453. The molecule has 0 radical (unpaired) electrons. The van der Waals surface area contributed by atoms with E-state index in [0.29, 0.717) is 12.8 Å². The second-order valence-electron chi connectivity index (χ2n) is 14.8. The molecule has 0 fully saturated rings. The van der Waals surface area contributed by atoms with E-state index in [4.69, 9.17) is 0 Å². The van der Waals surface area contributed by atoms with Crippen molar-refractivity contribution in [2.75, 3.05) is 6.61 Å². The summed E-state index contributed by atoms with van der Waals surface area (Å²) in [4.78, 5) is 12.3. The number of amides is 1. The molecule has 0 aliphatic rings. The summed E-state index contributed by atoms with van der Waals surface area (Å²) < 4.78 is 0. The molecule has 47 heavy (non-hydrogen) atoms. The van der Waals surface area contributed by atoms with Crippen LogP contribution in [0.5, 0.6) is 0 Å². The molecule has 0 spiro atoms. The van der Waals surface area contributed by atoms with Crippen LogP contribution in [0.4, 0.5) is 0 Å². The van der Waals surface area contributed by atoms with Gasteiger partial charge in [-0.2, -0.15) is 0 Å². The first kappa shape index (κ1) is 46.1. The first-order chi connectivity index (χ1) is 23.2. The maximum absolute atomic E-state index is 12.3. The number of hydrogen-bond donors (Lipinski definition) is 3. The van der Waals surface area contributed by atoms with E-state index in [9.17, 15) is 15.0 Å². The highest BCUT2D eigenvalue weighted by Gasteiger charge is 2.19.